The van der Waals surface area contributed by atoms with Crippen molar-refractivity contribution < 1.29 is 15.0 Å². The van der Waals surface area contributed by atoms with Crippen LogP contribution in [0.15, 0.2) is 105 Å². The van der Waals surface area contributed by atoms with E-state index in [1.165, 1.54) is 19.9 Å². The molecule has 44 heavy (non-hydrogen) atoms. The fourth-order valence-corrected chi connectivity index (χ4v) is 5.60. The van der Waals surface area contributed by atoms with Crippen LogP contribution in [0.2, 0.25) is 0 Å². The van der Waals surface area contributed by atoms with Gasteiger partial charge in [-0.3, -0.25) is 14.4 Å². The van der Waals surface area contributed by atoms with E-state index in [0.29, 0.717) is 33.1 Å². The van der Waals surface area contributed by atoms with Gasteiger partial charge in [-0.15, -0.1) is 0 Å². The summed E-state index contributed by atoms with van der Waals surface area (Å²) in [5.74, 6) is -1.19. The average molecular weight is 585 g/mol. The molecule has 0 aliphatic carbocycles. The monoisotopic (exact) mass is 584 g/mol. The van der Waals surface area contributed by atoms with E-state index < -0.39 is 17.0 Å². The summed E-state index contributed by atoms with van der Waals surface area (Å²) in [6, 6.07) is 23.0. The first kappa shape index (κ1) is 26.7. The highest BCUT2D eigenvalue weighted by Gasteiger charge is 2.31. The van der Waals surface area contributed by atoms with Crippen molar-refractivity contribution in [1.82, 2.24) is 24.3 Å². The average Bonchev–Trinajstić information content (AvgIpc) is 3.63. The van der Waals surface area contributed by atoms with Gasteiger partial charge in [-0.05, 0) is 42.5 Å². The van der Waals surface area contributed by atoms with Crippen molar-refractivity contribution in [2.24, 2.45) is 19.2 Å². The van der Waals surface area contributed by atoms with Gasteiger partial charge < -0.3 is 19.3 Å². The standard InChI is InChI=1S/C33H24N6O5/c1-37-23-14-8-6-12-20(23)29(40)25(32(37)43)27-18(17-39(36-27)19-10-4-3-5-11-19)16-22-28(34-35-31(22)42)26-30(41)21-13-7-9-15-24(21)38(2)33(26)44/h3-17,40-41H,1-2H3,(H,35,42)/b22-16-. The molecule has 3 aromatic heterocycles. The predicted molar refractivity (Wildman–Crippen MR) is 167 cm³/mol. The Kier molecular flexibility index (Phi) is 6.03. The molecule has 0 spiro atoms. The Morgan fingerprint density at radius 3 is 1.91 bits per heavy atom. The Bertz CT molecular complexity index is 2360. The number of fused-ring (bicyclic) bond motifs is 2. The first-order chi connectivity index (χ1) is 21.3. The molecule has 0 saturated heterocycles. The summed E-state index contributed by atoms with van der Waals surface area (Å²) in [6.07, 6.45) is 3.07. The number of aryl methyl sites for hydroxylation is 2. The third kappa shape index (κ3) is 3.94. The summed E-state index contributed by atoms with van der Waals surface area (Å²) < 4.78 is 4.34. The molecule has 1 aliphatic heterocycles. The number of para-hydroxylation sites is 3. The highest BCUT2D eigenvalue weighted by atomic mass is 16.3. The van der Waals surface area contributed by atoms with E-state index in [1.54, 1.807) is 68.8 Å². The Hall–Kier alpha value is -6.23. The predicted octanol–water partition coefficient (Wildman–Crippen LogP) is 3.57. The van der Waals surface area contributed by atoms with Crippen molar-refractivity contribution in [2.75, 3.05) is 0 Å². The molecular formula is C33H24N6O5. The van der Waals surface area contributed by atoms with Gasteiger partial charge in [-0.1, -0.05) is 42.5 Å². The SMILES string of the molecule is Cn1c(=O)c(C2=NNC(=O)/C2=C\c2cn(-c3ccccc3)nc2-c2c(O)c3ccccc3n(C)c2=O)c(O)c2ccccc21. The smallest absolute Gasteiger partial charge is 0.273 e. The van der Waals surface area contributed by atoms with Crippen molar-refractivity contribution in [3.8, 4) is 28.4 Å². The van der Waals surface area contributed by atoms with Crippen molar-refractivity contribution in [1.29, 1.82) is 0 Å². The molecule has 0 fully saturated rings. The van der Waals surface area contributed by atoms with Crippen LogP contribution < -0.4 is 16.5 Å². The molecule has 4 heterocycles. The van der Waals surface area contributed by atoms with Crippen LogP contribution in [0.3, 0.4) is 0 Å². The van der Waals surface area contributed by atoms with Gasteiger partial charge in [-0.25, -0.2) is 10.1 Å². The number of carbonyl (C=O) groups is 1. The van der Waals surface area contributed by atoms with Gasteiger partial charge in [-0.2, -0.15) is 10.2 Å². The lowest BCUT2D eigenvalue weighted by Gasteiger charge is -2.12. The van der Waals surface area contributed by atoms with E-state index in [0.717, 1.165) is 0 Å². The molecule has 3 aromatic carbocycles. The molecule has 6 aromatic rings. The minimum Gasteiger partial charge on any atom is -0.506 e. The maximum Gasteiger partial charge on any atom is 0.273 e. The van der Waals surface area contributed by atoms with Gasteiger partial charge in [0.1, 0.15) is 34.0 Å². The van der Waals surface area contributed by atoms with Gasteiger partial charge in [0.2, 0.25) is 0 Å². The topological polar surface area (TPSA) is 144 Å². The second-order valence-electron chi connectivity index (χ2n) is 10.4. The molecule has 11 heteroatoms. The Labute approximate surface area is 248 Å². The second kappa shape index (κ2) is 9.95. The number of pyridine rings is 2. The number of hydrogen-bond acceptors (Lipinski definition) is 7. The van der Waals surface area contributed by atoms with Crippen LogP contribution >= 0.6 is 0 Å². The van der Waals surface area contributed by atoms with Crippen molar-refractivity contribution in [3.05, 3.63) is 122 Å². The molecule has 216 valence electrons. The summed E-state index contributed by atoms with van der Waals surface area (Å²) in [5, 5.41) is 32.3. The summed E-state index contributed by atoms with van der Waals surface area (Å²) in [6.45, 7) is 0. The number of carbonyl (C=O) groups excluding carboxylic acids is 1. The lowest BCUT2D eigenvalue weighted by atomic mass is 9.97. The fourth-order valence-electron chi connectivity index (χ4n) is 5.60. The lowest BCUT2D eigenvalue weighted by Crippen LogP contribution is -2.26. The molecule has 1 aliphatic rings. The number of hydrogen-bond donors (Lipinski definition) is 3. The number of nitrogens with one attached hydrogen (secondary N) is 1. The zero-order chi connectivity index (χ0) is 30.7. The third-order valence-corrected chi connectivity index (χ3v) is 7.86. The van der Waals surface area contributed by atoms with Crippen LogP contribution in [0.5, 0.6) is 11.5 Å². The molecule has 1 amide bonds. The molecule has 0 unspecified atom stereocenters. The number of aromatic nitrogens is 4. The first-order valence-electron chi connectivity index (χ1n) is 13.6. The summed E-state index contributed by atoms with van der Waals surface area (Å²) in [4.78, 5) is 40.4. The van der Waals surface area contributed by atoms with Crippen LogP contribution in [-0.4, -0.2) is 40.7 Å². The van der Waals surface area contributed by atoms with Gasteiger partial charge in [0.05, 0.1) is 22.3 Å². The van der Waals surface area contributed by atoms with E-state index in [2.05, 4.69) is 15.6 Å². The molecule has 0 radical (unpaired) electrons. The summed E-state index contributed by atoms with van der Waals surface area (Å²) in [7, 11) is 3.18. The largest absolute Gasteiger partial charge is 0.506 e. The Morgan fingerprint density at radius 2 is 1.27 bits per heavy atom. The van der Waals surface area contributed by atoms with Crippen LogP contribution in [-0.2, 0) is 18.9 Å². The zero-order valence-corrected chi connectivity index (χ0v) is 23.5. The molecule has 11 nitrogen and oxygen atoms in total. The number of benzene rings is 3. The number of nitrogens with zero attached hydrogens (tertiary/aromatic N) is 5. The van der Waals surface area contributed by atoms with Crippen LogP contribution in [0, 0.1) is 0 Å². The van der Waals surface area contributed by atoms with E-state index in [1.807, 2.05) is 30.3 Å². The number of rotatable bonds is 4. The Balaban J connectivity index is 1.49. The maximum atomic E-state index is 13.7. The number of aromatic hydroxyl groups is 2. The van der Waals surface area contributed by atoms with Crippen molar-refractivity contribution in [3.63, 3.8) is 0 Å². The van der Waals surface area contributed by atoms with Gasteiger partial charge >= 0.3 is 0 Å². The molecule has 0 saturated carbocycles. The van der Waals surface area contributed by atoms with E-state index in [4.69, 9.17) is 0 Å². The fraction of sp³-hybridized carbons (Fsp3) is 0.0606. The minimum absolute atomic E-state index is 0.0290. The minimum atomic E-state index is -0.622. The highest BCUT2D eigenvalue weighted by Crippen LogP contribution is 2.36. The number of amides is 1. The third-order valence-electron chi connectivity index (χ3n) is 7.86. The first-order valence-corrected chi connectivity index (χ1v) is 13.6. The van der Waals surface area contributed by atoms with Crippen LogP contribution in [0.4, 0.5) is 0 Å². The quantitative estimate of drug-likeness (QED) is 0.270. The Morgan fingerprint density at radius 1 is 0.727 bits per heavy atom. The highest BCUT2D eigenvalue weighted by molar-refractivity contribution is 6.34. The molecule has 7 rings (SSSR count). The van der Waals surface area contributed by atoms with Gasteiger partial charge in [0.25, 0.3) is 17.0 Å². The molecule has 0 bridgehead atoms. The number of hydrazone groups is 1. The molecule has 3 N–H and O–H groups in total. The zero-order valence-electron chi connectivity index (χ0n) is 23.5. The summed E-state index contributed by atoms with van der Waals surface area (Å²) >= 11 is 0. The second-order valence-corrected chi connectivity index (χ2v) is 10.4. The summed E-state index contributed by atoms with van der Waals surface area (Å²) in [5.41, 5.74) is 3.16. The van der Waals surface area contributed by atoms with E-state index >= 15 is 0 Å². The van der Waals surface area contributed by atoms with Crippen molar-refractivity contribution >= 4 is 39.5 Å². The molecular weight excluding hydrogens is 560 g/mol. The van der Waals surface area contributed by atoms with Crippen molar-refractivity contribution in [2.45, 2.75) is 0 Å². The van der Waals surface area contributed by atoms with E-state index in [9.17, 15) is 24.6 Å². The van der Waals surface area contributed by atoms with Crippen LogP contribution in [0.25, 0.3) is 44.8 Å². The van der Waals surface area contributed by atoms with Crippen LogP contribution in [0.1, 0.15) is 11.1 Å². The van der Waals surface area contributed by atoms with E-state index in [-0.39, 0.29) is 39.6 Å². The molecule has 0 atom stereocenters. The lowest BCUT2D eigenvalue weighted by molar-refractivity contribution is -0.116. The van der Waals surface area contributed by atoms with Gasteiger partial charge in [0, 0.05) is 36.6 Å². The normalized spacial score (nSPS) is 14.0. The van der Waals surface area contributed by atoms with Gasteiger partial charge in [0.15, 0.2) is 0 Å². The maximum absolute atomic E-state index is 13.7.